The van der Waals surface area contributed by atoms with Crippen LogP contribution in [0.2, 0.25) is 0 Å². The maximum atomic E-state index is 10.6. The monoisotopic (exact) mass is 167 g/mol. The Morgan fingerprint density at radius 2 is 2.11 bits per heavy atom. The Labute approximate surface area is 64.3 Å². The molecule has 52 valence electrons. The average molecular weight is 168 g/mol. The van der Waals surface area contributed by atoms with Crippen molar-refractivity contribution in [1.29, 1.82) is 0 Å². The molecule has 0 N–H and O–H groups in total. The molecule has 0 spiro atoms. The Balaban J connectivity index is 3.89. The summed E-state index contributed by atoms with van der Waals surface area (Å²) in [6.45, 7) is 5.24. The maximum Gasteiger partial charge on any atom is 0.278 e. The third kappa shape index (κ3) is 2.72. The van der Waals surface area contributed by atoms with Crippen molar-refractivity contribution in [3.8, 4) is 0 Å². The van der Waals surface area contributed by atoms with Gasteiger partial charge in [0, 0.05) is 29.1 Å². The van der Waals surface area contributed by atoms with E-state index in [4.69, 9.17) is 23.6 Å². The molecule has 0 aromatic rings. The number of nitrogens with zero attached hydrogens (tertiary/aromatic N) is 1. The smallest absolute Gasteiger partial charge is 0.267 e. The molecule has 0 aliphatic carbocycles. The lowest BCUT2D eigenvalue weighted by molar-refractivity contribution is -0.119. The highest BCUT2D eigenvalue weighted by molar-refractivity contribution is 6.43. The van der Waals surface area contributed by atoms with Crippen LogP contribution in [-0.4, -0.2) is 9.85 Å². The summed E-state index contributed by atoms with van der Waals surface area (Å²) in [5.41, 5.74) is 0.403. The van der Waals surface area contributed by atoms with Gasteiger partial charge in [0.05, 0.1) is 0 Å². The second-order valence-corrected chi connectivity index (χ2v) is 2.34. The molecule has 0 fully saturated rings. The lowest BCUT2D eigenvalue weighted by Gasteiger charge is -2.02. The topological polar surface area (TPSA) is 20.3 Å². The number of amides is 1. The van der Waals surface area contributed by atoms with E-state index in [-0.39, 0.29) is 0 Å². The fourth-order valence-electron chi connectivity index (χ4n) is 0.271. The molecule has 0 aromatic carbocycles. The average Bonchev–Trinajstić information content (AvgIpc) is 1.84. The summed E-state index contributed by atoms with van der Waals surface area (Å²) in [5, 5.41) is 0. The molecule has 0 radical (unpaired) electrons. The van der Waals surface area contributed by atoms with Gasteiger partial charge in [-0.2, -0.15) is 3.94 Å². The molecule has 2 nitrogen and oxygen atoms in total. The standard InChI is InChI=1S/C5H7Cl2NO/c1-3-4(2)5(9)8(6)7/h2-3H2,1H3. The van der Waals surface area contributed by atoms with E-state index in [0.29, 0.717) is 15.9 Å². The molecule has 0 bridgehead atoms. The summed E-state index contributed by atoms with van der Waals surface area (Å²) in [7, 11) is 0. The Hall–Kier alpha value is -0.210. The van der Waals surface area contributed by atoms with E-state index in [9.17, 15) is 4.79 Å². The molecule has 9 heavy (non-hydrogen) atoms. The number of hydrogen-bond acceptors (Lipinski definition) is 1. The number of hydrogen-bond donors (Lipinski definition) is 0. The van der Waals surface area contributed by atoms with E-state index in [1.165, 1.54) is 0 Å². The molecule has 0 atom stereocenters. The zero-order valence-electron chi connectivity index (χ0n) is 5.03. The van der Waals surface area contributed by atoms with Crippen LogP contribution >= 0.6 is 23.6 Å². The Morgan fingerprint density at radius 1 is 1.67 bits per heavy atom. The van der Waals surface area contributed by atoms with Crippen molar-refractivity contribution in [3.05, 3.63) is 12.2 Å². The quantitative estimate of drug-likeness (QED) is 0.456. The van der Waals surface area contributed by atoms with Crippen LogP contribution in [0.3, 0.4) is 0 Å². The fourth-order valence-corrected chi connectivity index (χ4v) is 0.510. The molecule has 4 heteroatoms. The second-order valence-electron chi connectivity index (χ2n) is 1.50. The molecule has 0 saturated heterocycles. The molecule has 0 aliphatic heterocycles. The minimum atomic E-state index is -0.444. The van der Waals surface area contributed by atoms with E-state index in [1.54, 1.807) is 6.92 Å². The van der Waals surface area contributed by atoms with Crippen molar-refractivity contribution < 1.29 is 4.79 Å². The molecule has 0 unspecified atom stereocenters. The molecular weight excluding hydrogens is 161 g/mol. The predicted molar refractivity (Wildman–Crippen MR) is 38.0 cm³/mol. The van der Waals surface area contributed by atoms with Gasteiger partial charge in [-0.1, -0.05) is 13.5 Å². The van der Waals surface area contributed by atoms with Crippen molar-refractivity contribution in [3.63, 3.8) is 0 Å². The zero-order chi connectivity index (χ0) is 7.44. The third-order valence-electron chi connectivity index (χ3n) is 0.883. The predicted octanol–water partition coefficient (Wildman–Crippen LogP) is 2.09. The lowest BCUT2D eigenvalue weighted by atomic mass is 10.2. The minimum absolute atomic E-state index is 0.403. The van der Waals surface area contributed by atoms with Gasteiger partial charge in [0.25, 0.3) is 5.91 Å². The van der Waals surface area contributed by atoms with Gasteiger partial charge < -0.3 is 0 Å². The van der Waals surface area contributed by atoms with E-state index in [0.717, 1.165) is 0 Å². The number of carbonyl (C=O) groups is 1. The van der Waals surface area contributed by atoms with Gasteiger partial charge in [0.15, 0.2) is 0 Å². The zero-order valence-corrected chi connectivity index (χ0v) is 6.54. The van der Waals surface area contributed by atoms with Crippen molar-refractivity contribution in [2.24, 2.45) is 0 Å². The lowest BCUT2D eigenvalue weighted by Crippen LogP contribution is -2.12. The summed E-state index contributed by atoms with van der Waals surface area (Å²) in [4.78, 5) is 10.6. The Bertz CT molecular complexity index is 133. The van der Waals surface area contributed by atoms with Crippen molar-refractivity contribution in [2.45, 2.75) is 13.3 Å². The van der Waals surface area contributed by atoms with Crippen LogP contribution in [0.15, 0.2) is 12.2 Å². The number of halogens is 2. The van der Waals surface area contributed by atoms with Crippen LogP contribution in [0.4, 0.5) is 0 Å². The van der Waals surface area contributed by atoms with Gasteiger partial charge in [-0.15, -0.1) is 0 Å². The van der Waals surface area contributed by atoms with Crippen molar-refractivity contribution in [1.82, 2.24) is 3.94 Å². The van der Waals surface area contributed by atoms with Gasteiger partial charge >= 0.3 is 0 Å². The van der Waals surface area contributed by atoms with E-state index >= 15 is 0 Å². The highest BCUT2D eigenvalue weighted by Gasteiger charge is 2.09. The summed E-state index contributed by atoms with van der Waals surface area (Å²) < 4.78 is 0.478. The van der Waals surface area contributed by atoms with E-state index < -0.39 is 5.91 Å². The molecule has 1 amide bonds. The third-order valence-corrected chi connectivity index (χ3v) is 1.19. The summed E-state index contributed by atoms with van der Waals surface area (Å²) in [5.74, 6) is -0.444. The van der Waals surface area contributed by atoms with Crippen LogP contribution in [0, 0.1) is 0 Å². The molecule has 0 aromatic heterocycles. The highest BCUT2D eigenvalue weighted by Crippen LogP contribution is 2.07. The van der Waals surface area contributed by atoms with Crippen LogP contribution in [-0.2, 0) is 4.79 Å². The first-order valence-corrected chi connectivity index (χ1v) is 3.11. The van der Waals surface area contributed by atoms with Gasteiger partial charge in [0.1, 0.15) is 0 Å². The van der Waals surface area contributed by atoms with E-state index in [2.05, 4.69) is 6.58 Å². The molecule has 0 aliphatic rings. The number of rotatable bonds is 2. The van der Waals surface area contributed by atoms with Crippen LogP contribution in [0.25, 0.3) is 0 Å². The first kappa shape index (κ1) is 8.79. The fraction of sp³-hybridized carbons (Fsp3) is 0.400. The molecule has 0 saturated carbocycles. The van der Waals surface area contributed by atoms with E-state index in [1.807, 2.05) is 0 Å². The molecule has 0 rings (SSSR count). The van der Waals surface area contributed by atoms with Gasteiger partial charge in [-0.05, 0) is 6.42 Å². The normalized spacial score (nSPS) is 8.78. The Morgan fingerprint density at radius 3 is 2.22 bits per heavy atom. The SMILES string of the molecule is C=C(CC)C(=O)N(Cl)Cl. The summed E-state index contributed by atoms with van der Waals surface area (Å²) in [6, 6.07) is 0. The largest absolute Gasteiger partial charge is 0.278 e. The highest BCUT2D eigenvalue weighted by atomic mass is 35.5. The van der Waals surface area contributed by atoms with Gasteiger partial charge in [-0.25, -0.2) is 0 Å². The Kier molecular flexibility index (Phi) is 3.66. The van der Waals surface area contributed by atoms with Crippen LogP contribution in [0.1, 0.15) is 13.3 Å². The first-order chi connectivity index (χ1) is 4.09. The van der Waals surface area contributed by atoms with Crippen LogP contribution < -0.4 is 0 Å². The minimum Gasteiger partial charge on any atom is -0.267 e. The first-order valence-electron chi connectivity index (χ1n) is 2.43. The maximum absolute atomic E-state index is 10.6. The molecule has 0 heterocycles. The van der Waals surface area contributed by atoms with Crippen molar-refractivity contribution >= 4 is 29.5 Å². The van der Waals surface area contributed by atoms with Crippen LogP contribution in [0.5, 0.6) is 0 Å². The molecular formula is C5H7Cl2NO. The van der Waals surface area contributed by atoms with Crippen molar-refractivity contribution in [2.75, 3.05) is 0 Å². The number of carbonyl (C=O) groups excluding carboxylic acids is 1. The summed E-state index contributed by atoms with van der Waals surface area (Å²) in [6.07, 6.45) is 0.564. The second kappa shape index (κ2) is 3.75. The van der Waals surface area contributed by atoms with Gasteiger partial charge in [0.2, 0.25) is 0 Å². The van der Waals surface area contributed by atoms with Gasteiger partial charge in [-0.3, -0.25) is 4.79 Å². The summed E-state index contributed by atoms with van der Waals surface area (Å²) >= 11 is 10.2.